The van der Waals surface area contributed by atoms with E-state index in [0.29, 0.717) is 12.1 Å². The summed E-state index contributed by atoms with van der Waals surface area (Å²) in [6.07, 6.45) is 12.5. The number of esters is 1. The van der Waals surface area contributed by atoms with Gasteiger partial charge in [-0.25, -0.2) is 9.59 Å². The molecule has 0 aromatic rings. The molecule has 0 bridgehead atoms. The summed E-state index contributed by atoms with van der Waals surface area (Å²) in [6.45, 7) is 14.5. The molecule has 0 aliphatic rings. The molecule has 7 heteroatoms. The van der Waals surface area contributed by atoms with Crippen LogP contribution in [0.2, 0.25) is 0 Å². The van der Waals surface area contributed by atoms with Gasteiger partial charge in [-0.15, -0.1) is 0 Å². The summed E-state index contributed by atoms with van der Waals surface area (Å²) in [5.41, 5.74) is 0.437. The summed E-state index contributed by atoms with van der Waals surface area (Å²) < 4.78 is 4.80. The van der Waals surface area contributed by atoms with E-state index in [1.807, 2.05) is 0 Å². The van der Waals surface area contributed by atoms with Gasteiger partial charge in [-0.1, -0.05) is 65.5 Å². The van der Waals surface area contributed by atoms with Crippen molar-refractivity contribution < 1.29 is 24.2 Å². The lowest BCUT2D eigenvalue weighted by Crippen LogP contribution is -2.25. The molecular formula is C23H40N2O5. The minimum absolute atomic E-state index is 0.263. The van der Waals surface area contributed by atoms with E-state index < -0.39 is 5.97 Å². The molecule has 0 saturated heterocycles. The molecule has 0 atom stereocenters. The summed E-state index contributed by atoms with van der Waals surface area (Å²) in [6, 6.07) is 0. The first-order valence-electron chi connectivity index (χ1n) is 10.7. The largest absolute Gasteiger partial charge is 0.478 e. The van der Waals surface area contributed by atoms with Crippen LogP contribution < -0.4 is 5.32 Å². The quantitative estimate of drug-likeness (QED) is 0.165. The number of hydrogen-bond donors (Lipinski definition) is 2. The number of carboxylic acids is 1. The van der Waals surface area contributed by atoms with Gasteiger partial charge in [-0.2, -0.15) is 0 Å². The highest BCUT2D eigenvalue weighted by Gasteiger charge is 2.06. The minimum atomic E-state index is -1.06. The van der Waals surface area contributed by atoms with Gasteiger partial charge in [0.25, 0.3) is 0 Å². The van der Waals surface area contributed by atoms with Crippen LogP contribution in [0.3, 0.4) is 0 Å². The van der Waals surface area contributed by atoms with Crippen molar-refractivity contribution in [3.63, 3.8) is 0 Å². The van der Waals surface area contributed by atoms with Crippen molar-refractivity contribution in [2.24, 2.45) is 0 Å². The maximum absolute atomic E-state index is 11.5. The Morgan fingerprint density at radius 1 is 1.03 bits per heavy atom. The molecule has 30 heavy (non-hydrogen) atoms. The van der Waals surface area contributed by atoms with Crippen molar-refractivity contribution in [2.75, 3.05) is 19.8 Å². The van der Waals surface area contributed by atoms with Crippen molar-refractivity contribution in [2.45, 2.75) is 72.1 Å². The van der Waals surface area contributed by atoms with Gasteiger partial charge >= 0.3 is 11.9 Å². The highest BCUT2D eigenvalue weighted by atomic mass is 16.5. The normalized spacial score (nSPS) is 10.1. The maximum Gasteiger partial charge on any atom is 0.334 e. The third-order valence-electron chi connectivity index (χ3n) is 3.97. The number of amides is 1. The van der Waals surface area contributed by atoms with Gasteiger partial charge in [0.2, 0.25) is 5.91 Å². The molecule has 0 fully saturated rings. The SMILES string of the molecule is C=C(C)C(=O)OCNCCCC.C=CC(=O)N(C=CC(=O)O)CCCCCCCC. The van der Waals surface area contributed by atoms with Crippen LogP contribution in [0.25, 0.3) is 0 Å². The fourth-order valence-electron chi connectivity index (χ4n) is 2.21. The fourth-order valence-corrected chi connectivity index (χ4v) is 2.21. The number of unbranched alkanes of at least 4 members (excludes halogenated alkanes) is 6. The van der Waals surface area contributed by atoms with E-state index in [4.69, 9.17) is 9.84 Å². The highest BCUT2D eigenvalue weighted by Crippen LogP contribution is 2.06. The van der Waals surface area contributed by atoms with Crippen molar-refractivity contribution >= 4 is 17.8 Å². The second kappa shape index (κ2) is 21.3. The Balaban J connectivity index is 0. The number of aliphatic carboxylic acids is 1. The number of nitrogens with one attached hydrogen (secondary N) is 1. The summed E-state index contributed by atoms with van der Waals surface area (Å²) in [4.78, 5) is 34.1. The van der Waals surface area contributed by atoms with Crippen LogP contribution in [0.5, 0.6) is 0 Å². The average Bonchev–Trinajstić information content (AvgIpc) is 2.72. The Morgan fingerprint density at radius 2 is 1.63 bits per heavy atom. The zero-order valence-electron chi connectivity index (χ0n) is 19.0. The van der Waals surface area contributed by atoms with Crippen LogP contribution in [0.1, 0.15) is 72.1 Å². The molecule has 7 nitrogen and oxygen atoms in total. The minimum Gasteiger partial charge on any atom is -0.478 e. The van der Waals surface area contributed by atoms with Crippen LogP contribution >= 0.6 is 0 Å². The predicted molar refractivity (Wildman–Crippen MR) is 121 cm³/mol. The number of carbonyl (C=O) groups is 3. The van der Waals surface area contributed by atoms with E-state index in [2.05, 4.69) is 32.3 Å². The molecule has 0 aliphatic carbocycles. The van der Waals surface area contributed by atoms with Gasteiger partial charge in [-0.05, 0) is 32.4 Å². The van der Waals surface area contributed by atoms with Crippen molar-refractivity contribution in [1.29, 1.82) is 0 Å². The van der Waals surface area contributed by atoms with Crippen LogP contribution in [-0.4, -0.2) is 47.7 Å². The van der Waals surface area contributed by atoms with Gasteiger partial charge in [0.1, 0.15) is 6.73 Å². The fraction of sp³-hybridized carbons (Fsp3) is 0.609. The Labute approximate surface area is 181 Å². The average molecular weight is 425 g/mol. The molecule has 0 rings (SSSR count). The number of rotatable bonds is 16. The molecule has 2 N–H and O–H groups in total. The lowest BCUT2D eigenvalue weighted by Gasteiger charge is -2.15. The first kappa shape index (κ1) is 29.8. The smallest absolute Gasteiger partial charge is 0.334 e. The third-order valence-corrected chi connectivity index (χ3v) is 3.97. The van der Waals surface area contributed by atoms with Gasteiger partial charge in [0.05, 0.1) is 0 Å². The first-order chi connectivity index (χ1) is 14.3. The summed E-state index contributed by atoms with van der Waals surface area (Å²) in [7, 11) is 0. The Bertz CT molecular complexity index is 544. The number of hydrogen-bond acceptors (Lipinski definition) is 5. The lowest BCUT2D eigenvalue weighted by atomic mass is 10.1. The van der Waals surface area contributed by atoms with Crippen LogP contribution in [0.4, 0.5) is 0 Å². The molecule has 0 unspecified atom stereocenters. The molecule has 0 aromatic heterocycles. The van der Waals surface area contributed by atoms with E-state index in [1.165, 1.54) is 36.4 Å². The molecule has 0 saturated carbocycles. The Kier molecular flexibility index (Phi) is 21.2. The van der Waals surface area contributed by atoms with E-state index in [9.17, 15) is 14.4 Å². The van der Waals surface area contributed by atoms with Crippen LogP contribution in [0.15, 0.2) is 37.1 Å². The van der Waals surface area contributed by atoms with Gasteiger partial charge in [0, 0.05) is 24.4 Å². The number of nitrogens with zero attached hydrogens (tertiary/aromatic N) is 1. The van der Waals surface area contributed by atoms with Crippen LogP contribution in [0, 0.1) is 0 Å². The molecular weight excluding hydrogens is 384 g/mol. The van der Waals surface area contributed by atoms with Gasteiger partial charge < -0.3 is 14.7 Å². The van der Waals surface area contributed by atoms with Crippen LogP contribution in [-0.2, 0) is 19.1 Å². The molecule has 172 valence electrons. The standard InChI is InChI=1S/C14H23NO3.C9H17NO2/c1-3-5-6-7-8-9-11-15(13(16)4-2)12-10-14(17)18;1-4-5-6-10-7-12-9(11)8(2)3/h4,10,12H,2-3,5-9,11H2,1H3,(H,17,18);10H,2,4-7H2,1,3H3. The van der Waals surface area contributed by atoms with Gasteiger partial charge in [-0.3, -0.25) is 10.1 Å². The van der Waals surface area contributed by atoms with Crippen molar-refractivity contribution in [1.82, 2.24) is 10.2 Å². The summed E-state index contributed by atoms with van der Waals surface area (Å²) >= 11 is 0. The second-order valence-corrected chi connectivity index (χ2v) is 6.87. The number of ether oxygens (including phenoxy) is 1. The van der Waals surface area contributed by atoms with E-state index in [-0.39, 0.29) is 18.6 Å². The highest BCUT2D eigenvalue weighted by molar-refractivity contribution is 5.89. The zero-order chi connectivity index (χ0) is 23.2. The summed E-state index contributed by atoms with van der Waals surface area (Å²) in [5, 5.41) is 11.5. The van der Waals surface area contributed by atoms with E-state index >= 15 is 0 Å². The molecule has 1 amide bonds. The summed E-state index contributed by atoms with van der Waals surface area (Å²) in [5.74, 6) is -1.65. The predicted octanol–water partition coefficient (Wildman–Crippen LogP) is 4.41. The monoisotopic (exact) mass is 424 g/mol. The molecule has 0 radical (unpaired) electrons. The topological polar surface area (TPSA) is 95.9 Å². The molecule has 0 heterocycles. The zero-order valence-corrected chi connectivity index (χ0v) is 19.0. The molecule has 0 spiro atoms. The Morgan fingerprint density at radius 3 is 2.17 bits per heavy atom. The Hall–Kier alpha value is -2.41. The maximum atomic E-state index is 11.5. The van der Waals surface area contributed by atoms with E-state index in [0.717, 1.165) is 44.7 Å². The molecule has 0 aliphatic heterocycles. The lowest BCUT2D eigenvalue weighted by molar-refractivity contribution is -0.139. The first-order valence-corrected chi connectivity index (χ1v) is 10.7. The van der Waals surface area contributed by atoms with Crippen molar-refractivity contribution in [3.8, 4) is 0 Å². The second-order valence-electron chi connectivity index (χ2n) is 6.87. The van der Waals surface area contributed by atoms with Crippen molar-refractivity contribution in [3.05, 3.63) is 37.1 Å². The number of carbonyl (C=O) groups excluding carboxylic acids is 2. The third kappa shape index (κ3) is 20.3. The van der Waals surface area contributed by atoms with Gasteiger partial charge in [0.15, 0.2) is 0 Å². The molecule has 0 aromatic carbocycles. The number of carboxylic acid groups (broad SMARTS) is 1. The van der Waals surface area contributed by atoms with E-state index in [1.54, 1.807) is 6.92 Å².